The average Bonchev–Trinajstić information content (AvgIpc) is 2.70. The van der Waals surface area contributed by atoms with E-state index >= 15 is 0 Å². The zero-order chi connectivity index (χ0) is 19.6. The SMILES string of the molecule is COc1cc(=O)n(C)cc1C(=O)N1CCC(S(=O)(=O)c2ccccc2)CC1. The molecule has 0 spiro atoms. The van der Waals surface area contributed by atoms with E-state index in [1.54, 1.807) is 42.3 Å². The van der Waals surface area contributed by atoms with Crippen LogP contribution in [0.25, 0.3) is 0 Å². The smallest absolute Gasteiger partial charge is 0.259 e. The number of likely N-dealkylation sites (tertiary alicyclic amines) is 1. The zero-order valence-electron chi connectivity index (χ0n) is 15.3. The van der Waals surface area contributed by atoms with Crippen molar-refractivity contribution in [2.45, 2.75) is 23.0 Å². The summed E-state index contributed by atoms with van der Waals surface area (Å²) in [6.07, 6.45) is 2.20. The summed E-state index contributed by atoms with van der Waals surface area (Å²) in [4.78, 5) is 26.5. The molecule has 27 heavy (non-hydrogen) atoms. The lowest BCUT2D eigenvalue weighted by molar-refractivity contribution is 0.0721. The van der Waals surface area contributed by atoms with Gasteiger partial charge in [-0.3, -0.25) is 9.59 Å². The Balaban J connectivity index is 1.76. The van der Waals surface area contributed by atoms with E-state index in [1.807, 2.05) is 0 Å². The van der Waals surface area contributed by atoms with Gasteiger partial charge in [0.2, 0.25) is 0 Å². The number of carbonyl (C=O) groups is 1. The third kappa shape index (κ3) is 3.75. The van der Waals surface area contributed by atoms with Crippen LogP contribution in [0.3, 0.4) is 0 Å². The van der Waals surface area contributed by atoms with E-state index in [2.05, 4.69) is 0 Å². The lowest BCUT2D eigenvalue weighted by Crippen LogP contribution is -2.42. The quantitative estimate of drug-likeness (QED) is 0.789. The summed E-state index contributed by atoms with van der Waals surface area (Å²) in [6, 6.07) is 9.67. The first kappa shape index (κ1) is 19.2. The molecule has 1 aliphatic heterocycles. The van der Waals surface area contributed by atoms with E-state index < -0.39 is 15.1 Å². The van der Waals surface area contributed by atoms with E-state index in [9.17, 15) is 18.0 Å². The number of carbonyl (C=O) groups excluding carboxylic acids is 1. The second kappa shape index (κ2) is 7.56. The molecule has 0 bridgehead atoms. The van der Waals surface area contributed by atoms with Crippen LogP contribution in [0.1, 0.15) is 23.2 Å². The van der Waals surface area contributed by atoms with Gasteiger partial charge in [0.15, 0.2) is 9.84 Å². The molecule has 1 saturated heterocycles. The van der Waals surface area contributed by atoms with Crippen LogP contribution in [0.15, 0.2) is 52.3 Å². The first-order valence-corrected chi connectivity index (χ1v) is 10.2. The van der Waals surface area contributed by atoms with Gasteiger partial charge in [0.25, 0.3) is 11.5 Å². The van der Waals surface area contributed by atoms with Crippen molar-refractivity contribution < 1.29 is 17.9 Å². The maximum Gasteiger partial charge on any atom is 0.259 e. The fourth-order valence-electron chi connectivity index (χ4n) is 3.28. The minimum atomic E-state index is -3.41. The molecular formula is C19H22N2O5S. The number of amides is 1. The summed E-state index contributed by atoms with van der Waals surface area (Å²) in [5, 5.41) is -0.508. The van der Waals surface area contributed by atoms with Gasteiger partial charge < -0.3 is 14.2 Å². The van der Waals surface area contributed by atoms with Crippen LogP contribution < -0.4 is 10.3 Å². The molecule has 0 radical (unpaired) electrons. The van der Waals surface area contributed by atoms with Gasteiger partial charge in [0, 0.05) is 32.4 Å². The topological polar surface area (TPSA) is 85.7 Å². The van der Waals surface area contributed by atoms with Gasteiger partial charge in [-0.25, -0.2) is 8.42 Å². The van der Waals surface area contributed by atoms with Crippen molar-refractivity contribution in [1.29, 1.82) is 0 Å². The van der Waals surface area contributed by atoms with Crippen molar-refractivity contribution in [3.63, 3.8) is 0 Å². The second-order valence-corrected chi connectivity index (χ2v) is 8.78. The lowest BCUT2D eigenvalue weighted by Gasteiger charge is -2.32. The van der Waals surface area contributed by atoms with E-state index in [0.717, 1.165) is 0 Å². The number of nitrogens with zero attached hydrogens (tertiary/aromatic N) is 2. The second-order valence-electron chi connectivity index (χ2n) is 6.55. The summed E-state index contributed by atoms with van der Waals surface area (Å²) in [5.41, 5.74) is 0.0278. The molecule has 144 valence electrons. The standard InChI is InChI=1S/C19H22N2O5S/c1-20-13-16(17(26-2)12-18(20)22)19(23)21-10-8-15(9-11-21)27(24,25)14-6-4-3-5-7-14/h3-7,12-13,15H,8-11H2,1-2H3. The van der Waals surface area contributed by atoms with E-state index in [1.165, 1.54) is 23.9 Å². The van der Waals surface area contributed by atoms with Gasteiger partial charge >= 0.3 is 0 Å². The number of aromatic nitrogens is 1. The molecule has 0 atom stereocenters. The van der Waals surface area contributed by atoms with Crippen molar-refractivity contribution in [3.8, 4) is 5.75 Å². The minimum absolute atomic E-state index is 0.224. The molecule has 1 aromatic carbocycles. The number of rotatable bonds is 4. The molecule has 1 aromatic heterocycles. The van der Waals surface area contributed by atoms with Crippen LogP contribution in [-0.4, -0.2) is 49.2 Å². The Bertz CT molecular complexity index is 991. The molecule has 0 unspecified atom stereocenters. The number of ether oxygens (including phenoxy) is 1. The lowest BCUT2D eigenvalue weighted by atomic mass is 10.1. The highest BCUT2D eigenvalue weighted by atomic mass is 32.2. The minimum Gasteiger partial charge on any atom is -0.496 e. The number of hydrogen-bond donors (Lipinski definition) is 0. The molecule has 0 saturated carbocycles. The summed E-state index contributed by atoms with van der Waals surface area (Å²) in [7, 11) is -0.435. The Morgan fingerprint density at radius 2 is 1.78 bits per heavy atom. The normalized spacial score (nSPS) is 15.6. The van der Waals surface area contributed by atoms with Crippen LogP contribution in [0.4, 0.5) is 0 Å². The number of pyridine rings is 1. The molecule has 7 nitrogen and oxygen atoms in total. The van der Waals surface area contributed by atoms with Crippen molar-refractivity contribution in [1.82, 2.24) is 9.47 Å². The highest BCUT2D eigenvalue weighted by Crippen LogP contribution is 2.26. The van der Waals surface area contributed by atoms with Crippen molar-refractivity contribution >= 4 is 15.7 Å². The van der Waals surface area contributed by atoms with Gasteiger partial charge in [-0.1, -0.05) is 18.2 Å². The van der Waals surface area contributed by atoms with Crippen LogP contribution >= 0.6 is 0 Å². The van der Waals surface area contributed by atoms with Gasteiger partial charge in [-0.05, 0) is 25.0 Å². The molecule has 1 aliphatic rings. The maximum atomic E-state index is 12.9. The summed E-state index contributed by atoms with van der Waals surface area (Å²) in [5.74, 6) is -0.0415. The Morgan fingerprint density at radius 1 is 1.15 bits per heavy atom. The summed E-state index contributed by atoms with van der Waals surface area (Å²) >= 11 is 0. The molecule has 1 amide bonds. The first-order valence-electron chi connectivity index (χ1n) is 8.67. The molecular weight excluding hydrogens is 368 g/mol. The highest BCUT2D eigenvalue weighted by Gasteiger charge is 2.33. The maximum absolute atomic E-state index is 12.9. The first-order chi connectivity index (χ1) is 12.8. The number of benzene rings is 1. The van der Waals surface area contributed by atoms with Gasteiger partial charge in [0.1, 0.15) is 5.75 Å². The van der Waals surface area contributed by atoms with Crippen LogP contribution in [0.5, 0.6) is 5.75 Å². The monoisotopic (exact) mass is 390 g/mol. The predicted molar refractivity (Wildman–Crippen MR) is 101 cm³/mol. The number of sulfone groups is 1. The van der Waals surface area contributed by atoms with Crippen LogP contribution in [0, 0.1) is 0 Å². The largest absolute Gasteiger partial charge is 0.496 e. The molecule has 0 N–H and O–H groups in total. The zero-order valence-corrected chi connectivity index (χ0v) is 16.1. The highest BCUT2D eigenvalue weighted by molar-refractivity contribution is 7.92. The van der Waals surface area contributed by atoms with Crippen molar-refractivity contribution in [3.05, 3.63) is 58.5 Å². The Labute approximate surface area is 158 Å². The number of aryl methyl sites for hydroxylation is 1. The molecule has 3 rings (SSSR count). The van der Waals surface area contributed by atoms with Gasteiger partial charge in [-0.2, -0.15) is 0 Å². The summed E-state index contributed by atoms with van der Waals surface area (Å²) in [6.45, 7) is 0.670. The summed E-state index contributed by atoms with van der Waals surface area (Å²) < 4.78 is 32.0. The Kier molecular flexibility index (Phi) is 5.36. The predicted octanol–water partition coefficient (Wildman–Crippen LogP) is 1.47. The van der Waals surface area contributed by atoms with Crippen LogP contribution in [0.2, 0.25) is 0 Å². The number of hydrogen-bond acceptors (Lipinski definition) is 5. The van der Waals surface area contributed by atoms with Crippen LogP contribution in [-0.2, 0) is 16.9 Å². The van der Waals surface area contributed by atoms with E-state index in [-0.39, 0.29) is 17.2 Å². The Morgan fingerprint density at radius 3 is 2.37 bits per heavy atom. The van der Waals surface area contributed by atoms with E-state index in [0.29, 0.717) is 36.4 Å². The average molecular weight is 390 g/mol. The molecule has 2 heterocycles. The van der Waals surface area contributed by atoms with Crippen molar-refractivity contribution in [2.75, 3.05) is 20.2 Å². The van der Waals surface area contributed by atoms with Crippen molar-refractivity contribution in [2.24, 2.45) is 7.05 Å². The van der Waals surface area contributed by atoms with Gasteiger partial charge in [0.05, 0.1) is 22.8 Å². The molecule has 1 fully saturated rings. The number of methoxy groups -OCH3 is 1. The Hall–Kier alpha value is -2.61. The van der Waals surface area contributed by atoms with E-state index in [4.69, 9.17) is 4.74 Å². The number of piperidine rings is 1. The third-order valence-electron chi connectivity index (χ3n) is 4.88. The fraction of sp³-hybridized carbons (Fsp3) is 0.368. The fourth-order valence-corrected chi connectivity index (χ4v) is 5.04. The molecule has 8 heteroatoms. The molecule has 0 aliphatic carbocycles. The molecule has 2 aromatic rings. The third-order valence-corrected chi connectivity index (χ3v) is 7.16. The van der Waals surface area contributed by atoms with Gasteiger partial charge in [-0.15, -0.1) is 0 Å².